The number of anilines is 1. The molecule has 0 saturated heterocycles. The highest BCUT2D eigenvalue weighted by molar-refractivity contribution is 5.94. The van der Waals surface area contributed by atoms with E-state index < -0.39 is 17.9 Å². The third-order valence-electron chi connectivity index (χ3n) is 3.03. The van der Waals surface area contributed by atoms with Crippen molar-refractivity contribution in [3.63, 3.8) is 0 Å². The summed E-state index contributed by atoms with van der Waals surface area (Å²) in [5.41, 5.74) is 1.96. The summed E-state index contributed by atoms with van der Waals surface area (Å²) in [6.07, 6.45) is 4.15. The molecule has 2 N–H and O–H groups in total. The number of nitrogens with zero attached hydrogens (tertiary/aromatic N) is 1. The molecule has 21 heavy (non-hydrogen) atoms. The van der Waals surface area contributed by atoms with Gasteiger partial charge in [0.15, 0.2) is 0 Å². The van der Waals surface area contributed by atoms with Crippen LogP contribution in [-0.4, -0.2) is 37.1 Å². The van der Waals surface area contributed by atoms with Crippen LogP contribution >= 0.6 is 0 Å². The Morgan fingerprint density at radius 1 is 1.29 bits per heavy atom. The van der Waals surface area contributed by atoms with E-state index in [1.54, 1.807) is 6.08 Å². The first-order valence-corrected chi connectivity index (χ1v) is 6.92. The number of carbonyl (C=O) groups excluding carboxylic acids is 1. The zero-order valence-electron chi connectivity index (χ0n) is 12.7. The number of carboxylic acid groups (broad SMARTS) is 1. The summed E-state index contributed by atoms with van der Waals surface area (Å²) < 4.78 is 0. The van der Waals surface area contributed by atoms with E-state index in [-0.39, 0.29) is 0 Å². The Labute approximate surface area is 125 Å². The average molecular weight is 290 g/mol. The Bertz CT molecular complexity index is 507. The maximum Gasteiger partial charge on any atom is 0.326 e. The van der Waals surface area contributed by atoms with Crippen molar-refractivity contribution in [2.75, 3.05) is 19.0 Å². The van der Waals surface area contributed by atoms with Gasteiger partial charge in [0.2, 0.25) is 5.91 Å². The summed E-state index contributed by atoms with van der Waals surface area (Å²) in [6, 6.07) is 6.88. The van der Waals surface area contributed by atoms with Crippen LogP contribution in [0.15, 0.2) is 30.3 Å². The van der Waals surface area contributed by atoms with Crippen LogP contribution in [0.1, 0.15) is 25.3 Å². The molecule has 1 atom stereocenters. The number of hydrogen-bond donors (Lipinski definition) is 2. The predicted molar refractivity (Wildman–Crippen MR) is 84.3 cm³/mol. The summed E-state index contributed by atoms with van der Waals surface area (Å²) in [6.45, 7) is 1.88. The lowest BCUT2D eigenvalue weighted by molar-refractivity contribution is -0.141. The van der Waals surface area contributed by atoms with Crippen LogP contribution in [0.5, 0.6) is 0 Å². The van der Waals surface area contributed by atoms with Crippen molar-refractivity contribution in [1.29, 1.82) is 0 Å². The maximum absolute atomic E-state index is 11.7. The van der Waals surface area contributed by atoms with Crippen molar-refractivity contribution in [1.82, 2.24) is 5.32 Å². The molecule has 0 heterocycles. The molecule has 0 aliphatic carbocycles. The van der Waals surface area contributed by atoms with Crippen LogP contribution < -0.4 is 10.2 Å². The molecule has 0 unspecified atom stereocenters. The average Bonchev–Trinajstić information content (AvgIpc) is 2.45. The Balaban J connectivity index is 2.62. The van der Waals surface area contributed by atoms with Crippen molar-refractivity contribution >= 4 is 23.6 Å². The fraction of sp³-hybridized carbons (Fsp3) is 0.375. The quantitative estimate of drug-likeness (QED) is 0.755. The minimum Gasteiger partial charge on any atom is -0.480 e. The summed E-state index contributed by atoms with van der Waals surface area (Å²) in [5, 5.41) is 11.5. The van der Waals surface area contributed by atoms with Gasteiger partial charge in [-0.2, -0.15) is 0 Å². The summed E-state index contributed by atoms with van der Waals surface area (Å²) >= 11 is 0. The van der Waals surface area contributed by atoms with Gasteiger partial charge in [0, 0.05) is 25.9 Å². The maximum atomic E-state index is 11.7. The first-order chi connectivity index (χ1) is 9.93. The summed E-state index contributed by atoms with van der Waals surface area (Å²) in [7, 11) is 3.91. The SMILES string of the molecule is CCC[C@@H](NC(=O)/C=C/c1ccc(N(C)C)cc1)C(=O)O. The highest BCUT2D eigenvalue weighted by Crippen LogP contribution is 2.13. The largest absolute Gasteiger partial charge is 0.480 e. The molecule has 0 aliphatic rings. The Hall–Kier alpha value is -2.30. The van der Waals surface area contributed by atoms with Crippen LogP contribution in [0.25, 0.3) is 6.08 Å². The first kappa shape index (κ1) is 16.8. The molecule has 5 heteroatoms. The van der Waals surface area contributed by atoms with Crippen LogP contribution in [0, 0.1) is 0 Å². The monoisotopic (exact) mass is 290 g/mol. The number of carboxylic acids is 1. The van der Waals surface area contributed by atoms with Gasteiger partial charge in [0.05, 0.1) is 0 Å². The van der Waals surface area contributed by atoms with E-state index in [1.165, 1.54) is 6.08 Å². The lowest BCUT2D eigenvalue weighted by Gasteiger charge is -2.12. The van der Waals surface area contributed by atoms with E-state index >= 15 is 0 Å². The van der Waals surface area contributed by atoms with E-state index in [0.29, 0.717) is 12.8 Å². The number of nitrogens with one attached hydrogen (secondary N) is 1. The van der Waals surface area contributed by atoms with Gasteiger partial charge in [-0.25, -0.2) is 4.79 Å². The van der Waals surface area contributed by atoms with Crippen LogP contribution in [-0.2, 0) is 9.59 Å². The standard InChI is InChI=1S/C16H22N2O3/c1-4-5-14(16(20)21)17-15(19)11-8-12-6-9-13(10-7-12)18(2)3/h6-11,14H,4-5H2,1-3H3,(H,17,19)(H,20,21)/b11-8+/t14-/m1/s1. The summed E-state index contributed by atoms with van der Waals surface area (Å²) in [4.78, 5) is 24.7. The van der Waals surface area contributed by atoms with Gasteiger partial charge in [-0.3, -0.25) is 4.79 Å². The number of benzene rings is 1. The summed E-state index contributed by atoms with van der Waals surface area (Å²) in [5.74, 6) is -1.40. The van der Waals surface area contributed by atoms with E-state index in [9.17, 15) is 9.59 Å². The van der Waals surface area contributed by atoms with Crippen molar-refractivity contribution < 1.29 is 14.7 Å². The van der Waals surface area contributed by atoms with Crippen molar-refractivity contribution in [3.8, 4) is 0 Å². The highest BCUT2D eigenvalue weighted by Gasteiger charge is 2.17. The van der Waals surface area contributed by atoms with Gasteiger partial charge in [0.25, 0.3) is 0 Å². The van der Waals surface area contributed by atoms with Crippen molar-refractivity contribution in [2.24, 2.45) is 0 Å². The molecule has 0 saturated carbocycles. The molecule has 1 rings (SSSR count). The molecule has 0 aliphatic heterocycles. The molecule has 0 spiro atoms. The molecular weight excluding hydrogens is 268 g/mol. The Morgan fingerprint density at radius 3 is 2.38 bits per heavy atom. The second-order valence-electron chi connectivity index (χ2n) is 5.01. The van der Waals surface area contributed by atoms with Crippen molar-refractivity contribution in [3.05, 3.63) is 35.9 Å². The third kappa shape index (κ3) is 5.69. The second kappa shape index (κ2) is 8.09. The number of amides is 1. The zero-order chi connectivity index (χ0) is 15.8. The molecule has 0 aromatic heterocycles. The van der Waals surface area contributed by atoms with Crippen LogP contribution in [0.3, 0.4) is 0 Å². The minimum absolute atomic E-state index is 0.396. The number of aliphatic carboxylic acids is 1. The second-order valence-corrected chi connectivity index (χ2v) is 5.01. The minimum atomic E-state index is -1.01. The molecule has 1 aromatic carbocycles. The zero-order valence-corrected chi connectivity index (χ0v) is 12.7. The molecule has 114 valence electrons. The van der Waals surface area contributed by atoms with E-state index in [0.717, 1.165) is 11.3 Å². The molecule has 0 fully saturated rings. The fourth-order valence-corrected chi connectivity index (χ4v) is 1.82. The third-order valence-corrected chi connectivity index (χ3v) is 3.03. The smallest absolute Gasteiger partial charge is 0.326 e. The molecule has 1 aromatic rings. The topological polar surface area (TPSA) is 69.6 Å². The molecule has 0 bridgehead atoms. The van der Waals surface area contributed by atoms with E-state index in [1.807, 2.05) is 50.2 Å². The number of hydrogen-bond acceptors (Lipinski definition) is 3. The van der Waals surface area contributed by atoms with E-state index in [4.69, 9.17) is 5.11 Å². The number of rotatable bonds is 7. The predicted octanol–water partition coefficient (Wildman–Crippen LogP) is 2.14. The Kier molecular flexibility index (Phi) is 6.46. The van der Waals surface area contributed by atoms with Crippen LogP contribution in [0.4, 0.5) is 5.69 Å². The Morgan fingerprint density at radius 2 is 1.90 bits per heavy atom. The fourth-order valence-electron chi connectivity index (χ4n) is 1.82. The number of carbonyl (C=O) groups is 2. The highest BCUT2D eigenvalue weighted by atomic mass is 16.4. The van der Waals surface area contributed by atoms with Gasteiger partial charge in [-0.15, -0.1) is 0 Å². The lowest BCUT2D eigenvalue weighted by Crippen LogP contribution is -2.39. The van der Waals surface area contributed by atoms with Gasteiger partial charge in [-0.05, 0) is 30.2 Å². The molecule has 1 amide bonds. The molecule has 0 radical (unpaired) electrons. The molecular formula is C16H22N2O3. The van der Waals surface area contributed by atoms with Crippen molar-refractivity contribution in [2.45, 2.75) is 25.8 Å². The first-order valence-electron chi connectivity index (χ1n) is 6.92. The van der Waals surface area contributed by atoms with Gasteiger partial charge in [0.1, 0.15) is 6.04 Å². The van der Waals surface area contributed by atoms with E-state index in [2.05, 4.69) is 5.32 Å². The van der Waals surface area contributed by atoms with Gasteiger partial charge < -0.3 is 15.3 Å². The molecule has 5 nitrogen and oxygen atoms in total. The van der Waals surface area contributed by atoms with Gasteiger partial charge >= 0.3 is 5.97 Å². The normalized spacial score (nSPS) is 12.1. The van der Waals surface area contributed by atoms with Gasteiger partial charge in [-0.1, -0.05) is 25.5 Å². The lowest BCUT2D eigenvalue weighted by atomic mass is 10.1. The van der Waals surface area contributed by atoms with Crippen LogP contribution in [0.2, 0.25) is 0 Å².